The predicted octanol–water partition coefficient (Wildman–Crippen LogP) is 2.22. The molecule has 0 atom stereocenters. The Morgan fingerprint density at radius 2 is 1.89 bits per heavy atom. The Bertz CT molecular complexity index is 497. The quantitative estimate of drug-likeness (QED) is 0.780. The maximum absolute atomic E-state index is 6.24. The van der Waals surface area contributed by atoms with Gasteiger partial charge in [0.2, 0.25) is 0 Å². The van der Waals surface area contributed by atoms with E-state index >= 15 is 0 Å². The van der Waals surface area contributed by atoms with Crippen LogP contribution in [0.25, 0.3) is 11.3 Å². The van der Waals surface area contributed by atoms with Gasteiger partial charge in [0, 0.05) is 19.8 Å². The van der Waals surface area contributed by atoms with Crippen molar-refractivity contribution in [3.05, 3.63) is 35.5 Å². The van der Waals surface area contributed by atoms with Crippen molar-refractivity contribution in [2.24, 2.45) is 0 Å². The van der Waals surface area contributed by atoms with Crippen LogP contribution < -0.4 is 0 Å². The average Bonchev–Trinajstić information content (AvgIpc) is 2.78. The lowest BCUT2D eigenvalue weighted by Crippen LogP contribution is -2.21. The second kappa shape index (κ2) is 5.95. The summed E-state index contributed by atoms with van der Waals surface area (Å²) in [6.07, 6.45) is -0.396. The van der Waals surface area contributed by atoms with E-state index in [0.29, 0.717) is 17.4 Å². The molecule has 0 aliphatic heterocycles. The second-order valence-corrected chi connectivity index (χ2v) is 4.04. The molecule has 0 N–H and O–H groups in total. The molecule has 1 aromatic carbocycles. The van der Waals surface area contributed by atoms with Gasteiger partial charge in [0.1, 0.15) is 5.69 Å². The van der Waals surface area contributed by atoms with Crippen LogP contribution in [0.5, 0.6) is 0 Å². The Labute approximate surface area is 110 Å². The first kappa shape index (κ1) is 13.0. The van der Waals surface area contributed by atoms with Crippen molar-refractivity contribution in [2.45, 2.75) is 12.8 Å². The summed E-state index contributed by atoms with van der Waals surface area (Å²) < 4.78 is 11.8. The molecule has 0 bridgehead atoms. The molecular weight excluding hydrogens is 254 g/mol. The summed E-state index contributed by atoms with van der Waals surface area (Å²) in [6.45, 7) is 0.395. The molecule has 2 rings (SSSR count). The molecule has 18 heavy (non-hydrogen) atoms. The SMILES string of the molecule is COC(Cn1nnc(-c2ccccc2)c1Cl)OC. The first-order valence-corrected chi connectivity index (χ1v) is 5.84. The monoisotopic (exact) mass is 267 g/mol. The average molecular weight is 268 g/mol. The van der Waals surface area contributed by atoms with E-state index < -0.39 is 6.29 Å². The molecular formula is C12H14ClN3O2. The first-order chi connectivity index (χ1) is 8.76. The normalized spacial score (nSPS) is 11.1. The number of methoxy groups -OCH3 is 2. The third-order valence-electron chi connectivity index (χ3n) is 2.57. The van der Waals surface area contributed by atoms with E-state index in [-0.39, 0.29) is 0 Å². The molecule has 5 nitrogen and oxygen atoms in total. The van der Waals surface area contributed by atoms with Gasteiger partial charge >= 0.3 is 0 Å². The van der Waals surface area contributed by atoms with Crippen LogP contribution in [0.3, 0.4) is 0 Å². The molecule has 2 aromatic rings. The van der Waals surface area contributed by atoms with Crippen molar-refractivity contribution in [3.63, 3.8) is 0 Å². The topological polar surface area (TPSA) is 49.2 Å². The predicted molar refractivity (Wildman–Crippen MR) is 68.3 cm³/mol. The Morgan fingerprint density at radius 1 is 1.22 bits per heavy atom. The number of hydrogen-bond acceptors (Lipinski definition) is 4. The highest BCUT2D eigenvalue weighted by molar-refractivity contribution is 6.31. The lowest BCUT2D eigenvalue weighted by Gasteiger charge is -2.12. The number of nitrogens with zero attached hydrogens (tertiary/aromatic N) is 3. The lowest BCUT2D eigenvalue weighted by atomic mass is 10.2. The van der Waals surface area contributed by atoms with Crippen molar-refractivity contribution in [3.8, 4) is 11.3 Å². The van der Waals surface area contributed by atoms with Crippen molar-refractivity contribution < 1.29 is 9.47 Å². The summed E-state index contributed by atoms with van der Waals surface area (Å²) in [5.41, 5.74) is 1.59. The summed E-state index contributed by atoms with van der Waals surface area (Å²) in [7, 11) is 3.13. The third kappa shape index (κ3) is 2.69. The molecule has 6 heteroatoms. The van der Waals surface area contributed by atoms with Crippen LogP contribution in [-0.2, 0) is 16.0 Å². The van der Waals surface area contributed by atoms with Gasteiger partial charge < -0.3 is 9.47 Å². The van der Waals surface area contributed by atoms with Gasteiger partial charge in [0.25, 0.3) is 0 Å². The molecule has 0 amide bonds. The molecule has 1 aromatic heterocycles. The van der Waals surface area contributed by atoms with Crippen LogP contribution in [0.15, 0.2) is 30.3 Å². The van der Waals surface area contributed by atoms with Crippen LogP contribution in [0.4, 0.5) is 0 Å². The van der Waals surface area contributed by atoms with Crippen molar-refractivity contribution >= 4 is 11.6 Å². The molecule has 0 fully saturated rings. The minimum atomic E-state index is -0.396. The van der Waals surface area contributed by atoms with E-state index in [1.807, 2.05) is 30.3 Å². The zero-order chi connectivity index (χ0) is 13.0. The van der Waals surface area contributed by atoms with E-state index in [9.17, 15) is 0 Å². The third-order valence-corrected chi connectivity index (χ3v) is 2.94. The maximum atomic E-state index is 6.24. The van der Waals surface area contributed by atoms with Crippen LogP contribution in [0.2, 0.25) is 5.15 Å². The number of hydrogen-bond donors (Lipinski definition) is 0. The summed E-state index contributed by atoms with van der Waals surface area (Å²) in [5, 5.41) is 8.55. The zero-order valence-electron chi connectivity index (χ0n) is 10.2. The minimum Gasteiger partial charge on any atom is -0.354 e. The molecule has 96 valence electrons. The first-order valence-electron chi connectivity index (χ1n) is 5.46. The summed E-state index contributed by atoms with van der Waals surface area (Å²) in [4.78, 5) is 0. The number of rotatable bonds is 5. The number of benzene rings is 1. The van der Waals surface area contributed by atoms with Crippen LogP contribution in [0, 0.1) is 0 Å². The lowest BCUT2D eigenvalue weighted by molar-refractivity contribution is -0.112. The van der Waals surface area contributed by atoms with Gasteiger partial charge in [-0.3, -0.25) is 0 Å². The summed E-state index contributed by atoms with van der Waals surface area (Å²) >= 11 is 6.24. The van der Waals surface area contributed by atoms with Gasteiger partial charge in [-0.2, -0.15) is 0 Å². The molecule has 0 radical (unpaired) electrons. The highest BCUT2D eigenvalue weighted by Crippen LogP contribution is 2.25. The van der Waals surface area contributed by atoms with E-state index in [0.717, 1.165) is 5.56 Å². The van der Waals surface area contributed by atoms with E-state index in [1.54, 1.807) is 18.9 Å². The Hall–Kier alpha value is -1.43. The fraction of sp³-hybridized carbons (Fsp3) is 0.333. The van der Waals surface area contributed by atoms with Gasteiger partial charge in [-0.1, -0.05) is 47.1 Å². The molecule has 1 heterocycles. The molecule has 0 saturated heterocycles. The highest BCUT2D eigenvalue weighted by atomic mass is 35.5. The van der Waals surface area contributed by atoms with Gasteiger partial charge in [-0.15, -0.1) is 5.10 Å². The molecule has 0 spiro atoms. The fourth-order valence-electron chi connectivity index (χ4n) is 1.58. The van der Waals surface area contributed by atoms with Gasteiger partial charge in [0.15, 0.2) is 11.4 Å². The van der Waals surface area contributed by atoms with E-state index in [1.165, 1.54) is 0 Å². The van der Waals surface area contributed by atoms with Crippen molar-refractivity contribution in [2.75, 3.05) is 14.2 Å². The summed E-state index contributed by atoms with van der Waals surface area (Å²) in [6, 6.07) is 9.66. The largest absolute Gasteiger partial charge is 0.354 e. The van der Waals surface area contributed by atoms with Crippen molar-refractivity contribution in [1.29, 1.82) is 0 Å². The smallest absolute Gasteiger partial charge is 0.176 e. The van der Waals surface area contributed by atoms with Crippen LogP contribution in [-0.4, -0.2) is 35.5 Å². The Balaban J connectivity index is 2.24. The second-order valence-electron chi connectivity index (χ2n) is 3.68. The van der Waals surface area contributed by atoms with E-state index in [4.69, 9.17) is 21.1 Å². The zero-order valence-corrected chi connectivity index (χ0v) is 11.0. The molecule has 0 unspecified atom stereocenters. The number of ether oxygens (including phenoxy) is 2. The van der Waals surface area contributed by atoms with Gasteiger partial charge in [-0.25, -0.2) is 4.68 Å². The van der Waals surface area contributed by atoms with Gasteiger partial charge in [0.05, 0.1) is 6.54 Å². The highest BCUT2D eigenvalue weighted by Gasteiger charge is 2.15. The van der Waals surface area contributed by atoms with Crippen LogP contribution >= 0.6 is 11.6 Å². The van der Waals surface area contributed by atoms with E-state index in [2.05, 4.69) is 10.3 Å². The Kier molecular flexibility index (Phi) is 4.30. The van der Waals surface area contributed by atoms with Crippen molar-refractivity contribution in [1.82, 2.24) is 15.0 Å². The summed E-state index contributed by atoms with van der Waals surface area (Å²) in [5.74, 6) is 0. The maximum Gasteiger partial charge on any atom is 0.176 e. The fourth-order valence-corrected chi connectivity index (χ4v) is 1.83. The van der Waals surface area contributed by atoms with Crippen LogP contribution in [0.1, 0.15) is 0 Å². The Morgan fingerprint density at radius 3 is 2.50 bits per heavy atom. The minimum absolute atomic E-state index is 0.395. The molecule has 0 aliphatic rings. The number of aromatic nitrogens is 3. The molecule has 0 saturated carbocycles. The standard InChI is InChI=1S/C12H14ClN3O2/c1-17-10(18-2)8-16-12(13)11(14-15-16)9-6-4-3-5-7-9/h3-7,10H,8H2,1-2H3. The van der Waals surface area contributed by atoms with Gasteiger partial charge in [-0.05, 0) is 0 Å². The number of halogens is 1. The molecule has 0 aliphatic carbocycles.